The average molecular weight is 283 g/mol. The minimum absolute atomic E-state index is 0.0106. The summed E-state index contributed by atoms with van der Waals surface area (Å²) in [5.41, 5.74) is -0.240. The molecule has 5 nitrogen and oxygen atoms in total. The van der Waals surface area contributed by atoms with E-state index in [1.54, 1.807) is 0 Å². The molecular formula is C13H11F2NO4. The first kappa shape index (κ1) is 12.8. The van der Waals surface area contributed by atoms with Crippen molar-refractivity contribution in [3.63, 3.8) is 0 Å². The van der Waals surface area contributed by atoms with E-state index in [-0.39, 0.29) is 30.9 Å². The van der Waals surface area contributed by atoms with Crippen LogP contribution in [-0.2, 0) is 16.0 Å². The maximum Gasteiger partial charge on any atom is 0.316 e. The molecule has 0 spiro atoms. The highest BCUT2D eigenvalue weighted by atomic mass is 19.1. The molecule has 0 radical (unpaired) electrons. The molecule has 1 aromatic carbocycles. The van der Waals surface area contributed by atoms with Gasteiger partial charge in [-0.3, -0.25) is 9.59 Å². The smallest absolute Gasteiger partial charge is 0.316 e. The van der Waals surface area contributed by atoms with Gasteiger partial charge in [-0.15, -0.1) is 0 Å². The number of carboxylic acids is 1. The Kier molecular flexibility index (Phi) is 2.84. The summed E-state index contributed by atoms with van der Waals surface area (Å²) < 4.78 is 33.4. The molecule has 1 atom stereocenters. The van der Waals surface area contributed by atoms with Crippen LogP contribution in [0.1, 0.15) is 12.0 Å². The Labute approximate surface area is 112 Å². The van der Waals surface area contributed by atoms with Gasteiger partial charge in [-0.05, 0) is 6.42 Å². The van der Waals surface area contributed by atoms with Crippen molar-refractivity contribution in [3.05, 3.63) is 23.3 Å². The van der Waals surface area contributed by atoms with Gasteiger partial charge in [0.15, 0.2) is 11.6 Å². The van der Waals surface area contributed by atoms with Gasteiger partial charge in [0.25, 0.3) is 0 Å². The van der Waals surface area contributed by atoms with Gasteiger partial charge < -0.3 is 14.7 Å². The molecule has 0 aromatic heterocycles. The first-order valence-electron chi connectivity index (χ1n) is 6.18. The molecule has 1 saturated heterocycles. The Morgan fingerprint density at radius 1 is 1.45 bits per heavy atom. The lowest BCUT2D eigenvalue weighted by molar-refractivity contribution is -0.144. The summed E-state index contributed by atoms with van der Waals surface area (Å²) in [4.78, 5) is 23.7. The third kappa shape index (κ3) is 1.73. The number of rotatable bonds is 2. The Morgan fingerprint density at radius 2 is 2.20 bits per heavy atom. The summed E-state index contributed by atoms with van der Waals surface area (Å²) in [5, 5.41) is 8.89. The third-order valence-corrected chi connectivity index (χ3v) is 3.64. The highest BCUT2D eigenvalue weighted by Crippen LogP contribution is 2.38. The van der Waals surface area contributed by atoms with E-state index >= 15 is 0 Å². The number of halogens is 2. The van der Waals surface area contributed by atoms with Crippen LogP contribution in [0.5, 0.6) is 5.75 Å². The minimum Gasteiger partial charge on any atom is -0.493 e. The first-order chi connectivity index (χ1) is 9.50. The fourth-order valence-electron chi connectivity index (χ4n) is 2.63. The predicted octanol–water partition coefficient (Wildman–Crippen LogP) is 1.34. The number of nitrogens with zero attached hydrogens (tertiary/aromatic N) is 1. The molecule has 1 unspecified atom stereocenters. The molecule has 1 amide bonds. The molecule has 3 rings (SSSR count). The van der Waals surface area contributed by atoms with E-state index in [1.165, 1.54) is 0 Å². The lowest BCUT2D eigenvalue weighted by Crippen LogP contribution is -2.31. The fraction of sp³-hybridized carbons (Fsp3) is 0.385. The zero-order valence-electron chi connectivity index (χ0n) is 10.4. The second-order valence-electron chi connectivity index (χ2n) is 4.77. The largest absolute Gasteiger partial charge is 0.493 e. The summed E-state index contributed by atoms with van der Waals surface area (Å²) in [6.45, 7) is 0.254. The van der Waals surface area contributed by atoms with Gasteiger partial charge in [0.2, 0.25) is 5.91 Å². The van der Waals surface area contributed by atoms with Crippen LogP contribution < -0.4 is 9.64 Å². The monoisotopic (exact) mass is 283 g/mol. The topological polar surface area (TPSA) is 66.8 Å². The number of anilines is 1. The van der Waals surface area contributed by atoms with E-state index < -0.39 is 35.1 Å². The number of carboxylic acid groups (broad SMARTS) is 1. The van der Waals surface area contributed by atoms with E-state index in [2.05, 4.69) is 0 Å². The zero-order chi connectivity index (χ0) is 14.4. The first-order valence-corrected chi connectivity index (χ1v) is 6.18. The number of amides is 1. The molecule has 2 aliphatic heterocycles. The molecule has 106 valence electrons. The molecule has 0 saturated carbocycles. The van der Waals surface area contributed by atoms with Crippen molar-refractivity contribution in [2.75, 3.05) is 18.1 Å². The quantitative estimate of drug-likeness (QED) is 0.832. The molecule has 1 fully saturated rings. The Hall–Kier alpha value is -2.18. The molecule has 7 heteroatoms. The number of carbonyl (C=O) groups excluding carboxylic acids is 1. The van der Waals surface area contributed by atoms with Crippen molar-refractivity contribution < 1.29 is 28.2 Å². The second kappa shape index (κ2) is 4.43. The van der Waals surface area contributed by atoms with Gasteiger partial charge in [-0.25, -0.2) is 8.78 Å². The molecule has 1 aromatic rings. The highest BCUT2D eigenvalue weighted by Gasteiger charge is 2.40. The van der Waals surface area contributed by atoms with Gasteiger partial charge in [-0.1, -0.05) is 0 Å². The second-order valence-corrected chi connectivity index (χ2v) is 4.77. The van der Waals surface area contributed by atoms with E-state index in [0.29, 0.717) is 6.42 Å². The van der Waals surface area contributed by atoms with Gasteiger partial charge in [0.05, 0.1) is 6.61 Å². The lowest BCUT2D eigenvalue weighted by atomic mass is 10.1. The summed E-state index contributed by atoms with van der Waals surface area (Å²) >= 11 is 0. The van der Waals surface area contributed by atoms with Crippen LogP contribution in [0.25, 0.3) is 0 Å². The van der Waals surface area contributed by atoms with Gasteiger partial charge in [0, 0.05) is 24.6 Å². The maximum atomic E-state index is 14.3. The summed E-state index contributed by atoms with van der Waals surface area (Å²) in [6, 6.07) is 1.04. The predicted molar refractivity (Wildman–Crippen MR) is 63.7 cm³/mol. The van der Waals surface area contributed by atoms with Crippen LogP contribution in [0.3, 0.4) is 0 Å². The summed E-state index contributed by atoms with van der Waals surface area (Å²) in [6.07, 6.45) is 0.347. The standard InChI is InChI=1S/C13H11F2NO4/c14-8-5-9-6(2-4-20-9)10(15)11(8)16-3-1-7(12(16)17)13(18)19/h5,7H,1-4H2,(H,18,19). The van der Waals surface area contributed by atoms with Crippen LogP contribution in [0.15, 0.2) is 6.07 Å². The van der Waals surface area contributed by atoms with Crippen molar-refractivity contribution in [2.24, 2.45) is 5.92 Å². The number of aliphatic carboxylic acids is 1. The lowest BCUT2D eigenvalue weighted by Gasteiger charge is -2.19. The normalized spacial score (nSPS) is 21.0. The van der Waals surface area contributed by atoms with Crippen LogP contribution in [0.2, 0.25) is 0 Å². The molecule has 2 heterocycles. The van der Waals surface area contributed by atoms with E-state index in [9.17, 15) is 18.4 Å². The Bertz CT molecular complexity index is 617. The van der Waals surface area contributed by atoms with Crippen LogP contribution in [0.4, 0.5) is 14.5 Å². The Balaban J connectivity index is 2.04. The summed E-state index contributed by atoms with van der Waals surface area (Å²) in [5.74, 6) is -4.90. The van der Waals surface area contributed by atoms with Gasteiger partial charge >= 0.3 is 5.97 Å². The molecule has 0 bridgehead atoms. The van der Waals surface area contributed by atoms with Crippen molar-refractivity contribution in [3.8, 4) is 5.75 Å². The molecule has 1 N–H and O–H groups in total. The van der Waals surface area contributed by atoms with E-state index in [0.717, 1.165) is 11.0 Å². The number of hydrogen-bond acceptors (Lipinski definition) is 3. The molecule has 2 aliphatic rings. The number of fused-ring (bicyclic) bond motifs is 1. The third-order valence-electron chi connectivity index (χ3n) is 3.64. The van der Waals surface area contributed by atoms with Crippen molar-refractivity contribution >= 4 is 17.6 Å². The van der Waals surface area contributed by atoms with Crippen LogP contribution >= 0.6 is 0 Å². The van der Waals surface area contributed by atoms with E-state index in [4.69, 9.17) is 9.84 Å². The number of ether oxygens (including phenoxy) is 1. The molecule has 20 heavy (non-hydrogen) atoms. The van der Waals surface area contributed by atoms with Crippen molar-refractivity contribution in [1.82, 2.24) is 0 Å². The van der Waals surface area contributed by atoms with Gasteiger partial charge in [-0.2, -0.15) is 0 Å². The Morgan fingerprint density at radius 3 is 2.85 bits per heavy atom. The number of hydrogen-bond donors (Lipinski definition) is 1. The minimum atomic E-state index is -1.28. The number of carbonyl (C=O) groups is 2. The molecular weight excluding hydrogens is 272 g/mol. The molecule has 0 aliphatic carbocycles. The van der Waals surface area contributed by atoms with E-state index in [1.807, 2.05) is 0 Å². The van der Waals surface area contributed by atoms with Crippen molar-refractivity contribution in [2.45, 2.75) is 12.8 Å². The maximum absolute atomic E-state index is 14.3. The van der Waals surface area contributed by atoms with Gasteiger partial charge in [0.1, 0.15) is 17.4 Å². The number of benzene rings is 1. The highest BCUT2D eigenvalue weighted by molar-refractivity contribution is 6.07. The van der Waals surface area contributed by atoms with Crippen LogP contribution in [-0.4, -0.2) is 30.1 Å². The summed E-state index contributed by atoms with van der Waals surface area (Å²) in [7, 11) is 0. The SMILES string of the molecule is O=C(O)C1CCN(c2c(F)cc3c(c2F)CCO3)C1=O. The fourth-order valence-corrected chi connectivity index (χ4v) is 2.63. The zero-order valence-corrected chi connectivity index (χ0v) is 10.4. The van der Waals surface area contributed by atoms with Crippen molar-refractivity contribution in [1.29, 1.82) is 0 Å². The average Bonchev–Trinajstić information content (AvgIpc) is 2.97. The van der Waals surface area contributed by atoms with Crippen LogP contribution in [0, 0.1) is 17.6 Å².